The zero-order valence-corrected chi connectivity index (χ0v) is 14.1. The van der Waals surface area contributed by atoms with Gasteiger partial charge in [0.1, 0.15) is 0 Å². The first kappa shape index (κ1) is 17.4. The number of ether oxygens (including phenoxy) is 2. The van der Waals surface area contributed by atoms with Crippen molar-refractivity contribution in [2.75, 3.05) is 26.4 Å². The molecule has 0 bridgehead atoms. The maximum Gasteiger partial charge on any atom is 0.225 e. The van der Waals surface area contributed by atoms with Crippen LogP contribution in [0.5, 0.6) is 0 Å². The molecule has 3 unspecified atom stereocenters. The first-order chi connectivity index (χ1) is 11.8. The fourth-order valence-corrected chi connectivity index (χ4v) is 3.77. The van der Waals surface area contributed by atoms with Crippen LogP contribution >= 0.6 is 0 Å². The van der Waals surface area contributed by atoms with Gasteiger partial charge in [0.05, 0.1) is 45.0 Å². The second-order valence-electron chi connectivity index (χ2n) is 6.68. The van der Waals surface area contributed by atoms with Gasteiger partial charge in [-0.3, -0.25) is 4.79 Å². The summed E-state index contributed by atoms with van der Waals surface area (Å²) < 4.78 is 11.2. The van der Waals surface area contributed by atoms with E-state index < -0.39 is 0 Å². The molecular weight excluding hydrogens is 306 g/mol. The molecule has 1 saturated heterocycles. The van der Waals surface area contributed by atoms with E-state index in [0.717, 1.165) is 24.8 Å². The molecule has 132 valence electrons. The summed E-state index contributed by atoms with van der Waals surface area (Å²) in [6.07, 6.45) is 2.92. The van der Waals surface area contributed by atoms with E-state index in [1.54, 1.807) is 0 Å². The Morgan fingerprint density at radius 2 is 2.12 bits per heavy atom. The summed E-state index contributed by atoms with van der Waals surface area (Å²) in [5.41, 5.74) is 1.11. The van der Waals surface area contributed by atoms with Gasteiger partial charge in [0.15, 0.2) is 0 Å². The van der Waals surface area contributed by atoms with Gasteiger partial charge in [-0.1, -0.05) is 36.8 Å². The zero-order valence-electron chi connectivity index (χ0n) is 14.1. The number of morpholine rings is 1. The highest BCUT2D eigenvalue weighted by Gasteiger charge is 2.39. The smallest absolute Gasteiger partial charge is 0.225 e. The van der Waals surface area contributed by atoms with Crippen LogP contribution in [0, 0.1) is 5.92 Å². The van der Waals surface area contributed by atoms with Crippen molar-refractivity contribution < 1.29 is 19.4 Å². The van der Waals surface area contributed by atoms with Crippen LogP contribution in [0.4, 0.5) is 0 Å². The second-order valence-corrected chi connectivity index (χ2v) is 6.68. The lowest BCUT2D eigenvalue weighted by atomic mass is 9.94. The van der Waals surface area contributed by atoms with Gasteiger partial charge in [-0.25, -0.2) is 0 Å². The fraction of sp³-hybridized carbons (Fsp3) is 0.632. The minimum absolute atomic E-state index is 0.0119. The number of carbonyl (C=O) groups is 1. The van der Waals surface area contributed by atoms with Gasteiger partial charge >= 0.3 is 0 Å². The molecule has 1 saturated carbocycles. The SMILES string of the molecule is O=C(CCOCc1ccccc1)N1CCOCC1C1CCCC1O. The molecule has 5 heteroatoms. The van der Waals surface area contributed by atoms with E-state index in [-0.39, 0.29) is 24.0 Å². The van der Waals surface area contributed by atoms with Crippen molar-refractivity contribution in [3.63, 3.8) is 0 Å². The number of hydrogen-bond donors (Lipinski definition) is 1. The Labute approximate surface area is 143 Å². The molecule has 5 nitrogen and oxygen atoms in total. The van der Waals surface area contributed by atoms with Crippen molar-refractivity contribution in [2.45, 2.75) is 44.4 Å². The number of amides is 1. The fourth-order valence-electron chi connectivity index (χ4n) is 3.77. The molecule has 2 fully saturated rings. The number of carbonyl (C=O) groups excluding carboxylic acids is 1. The minimum Gasteiger partial charge on any atom is -0.393 e. The topological polar surface area (TPSA) is 59.0 Å². The van der Waals surface area contributed by atoms with Crippen molar-refractivity contribution in [1.82, 2.24) is 4.90 Å². The van der Waals surface area contributed by atoms with E-state index in [0.29, 0.717) is 39.4 Å². The van der Waals surface area contributed by atoms with E-state index >= 15 is 0 Å². The van der Waals surface area contributed by atoms with Crippen LogP contribution in [0.1, 0.15) is 31.2 Å². The van der Waals surface area contributed by atoms with Crippen molar-refractivity contribution in [3.05, 3.63) is 35.9 Å². The third-order valence-electron chi connectivity index (χ3n) is 5.08. The van der Waals surface area contributed by atoms with Gasteiger partial charge in [-0.05, 0) is 18.4 Å². The predicted octanol–water partition coefficient (Wildman–Crippen LogP) is 1.98. The molecule has 1 aliphatic carbocycles. The summed E-state index contributed by atoms with van der Waals surface area (Å²) in [5, 5.41) is 10.2. The molecule has 1 amide bonds. The molecule has 0 spiro atoms. The predicted molar refractivity (Wildman–Crippen MR) is 90.4 cm³/mol. The third-order valence-corrected chi connectivity index (χ3v) is 5.08. The number of aliphatic hydroxyl groups is 1. The highest BCUT2D eigenvalue weighted by molar-refractivity contribution is 5.76. The average molecular weight is 333 g/mol. The largest absolute Gasteiger partial charge is 0.393 e. The Morgan fingerprint density at radius 1 is 1.29 bits per heavy atom. The number of aliphatic hydroxyl groups excluding tert-OH is 1. The summed E-state index contributed by atoms with van der Waals surface area (Å²) in [4.78, 5) is 14.5. The first-order valence-corrected chi connectivity index (χ1v) is 8.92. The van der Waals surface area contributed by atoms with Gasteiger partial charge in [-0.2, -0.15) is 0 Å². The summed E-state index contributed by atoms with van der Waals surface area (Å²) in [6, 6.07) is 9.98. The molecule has 1 N–H and O–H groups in total. The molecular formula is C19H27NO4. The number of benzene rings is 1. The van der Waals surface area contributed by atoms with Crippen molar-refractivity contribution in [1.29, 1.82) is 0 Å². The van der Waals surface area contributed by atoms with Crippen LogP contribution in [0.15, 0.2) is 30.3 Å². The Balaban J connectivity index is 1.47. The van der Waals surface area contributed by atoms with Crippen molar-refractivity contribution in [3.8, 4) is 0 Å². The van der Waals surface area contributed by atoms with E-state index in [1.165, 1.54) is 0 Å². The highest BCUT2D eigenvalue weighted by atomic mass is 16.5. The van der Waals surface area contributed by atoms with Crippen LogP contribution in [-0.2, 0) is 20.9 Å². The van der Waals surface area contributed by atoms with Crippen LogP contribution in [0.3, 0.4) is 0 Å². The molecule has 1 aromatic carbocycles. The Kier molecular flexibility index (Phi) is 6.24. The molecule has 1 aromatic rings. The molecule has 24 heavy (non-hydrogen) atoms. The van der Waals surface area contributed by atoms with Crippen molar-refractivity contribution >= 4 is 5.91 Å². The van der Waals surface area contributed by atoms with Gasteiger partial charge in [0, 0.05) is 12.5 Å². The molecule has 1 heterocycles. The van der Waals surface area contributed by atoms with Crippen molar-refractivity contribution in [2.24, 2.45) is 5.92 Å². The van der Waals surface area contributed by atoms with Gasteiger partial charge < -0.3 is 19.5 Å². The number of hydrogen-bond acceptors (Lipinski definition) is 4. The lowest BCUT2D eigenvalue weighted by molar-refractivity contribution is -0.145. The summed E-state index contributed by atoms with van der Waals surface area (Å²) in [7, 11) is 0. The third kappa shape index (κ3) is 4.35. The monoisotopic (exact) mass is 333 g/mol. The molecule has 3 atom stereocenters. The van der Waals surface area contributed by atoms with E-state index in [9.17, 15) is 9.90 Å². The molecule has 1 aliphatic heterocycles. The summed E-state index contributed by atoms with van der Waals surface area (Å²) in [6.45, 7) is 2.69. The van der Waals surface area contributed by atoms with Gasteiger partial charge in [-0.15, -0.1) is 0 Å². The minimum atomic E-state index is -0.304. The van der Waals surface area contributed by atoms with Gasteiger partial charge in [0.25, 0.3) is 0 Å². The van der Waals surface area contributed by atoms with E-state index in [2.05, 4.69) is 0 Å². The van der Waals surface area contributed by atoms with Gasteiger partial charge in [0.2, 0.25) is 5.91 Å². The normalized spacial score (nSPS) is 27.4. The Morgan fingerprint density at radius 3 is 2.88 bits per heavy atom. The van der Waals surface area contributed by atoms with Crippen LogP contribution < -0.4 is 0 Å². The zero-order chi connectivity index (χ0) is 16.8. The second kappa shape index (κ2) is 8.60. The van der Waals surface area contributed by atoms with E-state index in [1.807, 2.05) is 35.2 Å². The number of rotatable bonds is 6. The van der Waals surface area contributed by atoms with Crippen LogP contribution in [-0.4, -0.2) is 54.4 Å². The molecule has 2 aliphatic rings. The van der Waals surface area contributed by atoms with Crippen LogP contribution in [0.2, 0.25) is 0 Å². The lowest BCUT2D eigenvalue weighted by Gasteiger charge is -2.40. The standard InChI is InChI=1S/C19H27NO4/c21-18-8-4-7-16(18)17-14-24-12-10-20(17)19(22)9-11-23-13-15-5-2-1-3-6-15/h1-3,5-6,16-18,21H,4,7-14H2. The maximum absolute atomic E-state index is 12.6. The molecule has 0 aromatic heterocycles. The molecule has 0 radical (unpaired) electrons. The number of nitrogens with zero attached hydrogens (tertiary/aromatic N) is 1. The van der Waals surface area contributed by atoms with E-state index in [4.69, 9.17) is 9.47 Å². The molecule has 3 rings (SSSR count). The Hall–Kier alpha value is -1.43. The maximum atomic E-state index is 12.6. The quantitative estimate of drug-likeness (QED) is 0.809. The lowest BCUT2D eigenvalue weighted by Crippen LogP contribution is -2.53. The van der Waals surface area contributed by atoms with Crippen LogP contribution in [0.25, 0.3) is 0 Å². The first-order valence-electron chi connectivity index (χ1n) is 8.92. The average Bonchev–Trinajstić information content (AvgIpc) is 3.05. The Bertz CT molecular complexity index is 521. The summed E-state index contributed by atoms with van der Waals surface area (Å²) in [5.74, 6) is 0.259. The summed E-state index contributed by atoms with van der Waals surface area (Å²) >= 11 is 0. The highest BCUT2D eigenvalue weighted by Crippen LogP contribution is 2.32.